The average molecular weight is 499 g/mol. The lowest BCUT2D eigenvalue weighted by Crippen LogP contribution is -2.71. The van der Waals surface area contributed by atoms with Gasteiger partial charge in [0.25, 0.3) is 11.8 Å². The Morgan fingerprint density at radius 1 is 1.45 bits per heavy atom. The van der Waals surface area contributed by atoms with Gasteiger partial charge in [0.15, 0.2) is 10.1 Å². The number of aromatic nitrogens is 3. The molecule has 0 spiro atoms. The number of carbonyl (C=O) groups is 3. The molecular weight excluding hydrogens is 484 g/mol. The number of fused-ring (bicyclic) bond motifs is 1. The first-order valence-corrected chi connectivity index (χ1v) is 12.5. The van der Waals surface area contributed by atoms with Crippen LogP contribution >= 0.6 is 46.2 Å². The highest BCUT2D eigenvalue weighted by Crippen LogP contribution is 2.41. The quantitative estimate of drug-likeness (QED) is 0.233. The molecule has 2 atom stereocenters. The topological polar surface area (TPSA) is 147 Å². The molecule has 0 aromatic carbocycles. The fraction of sp³-hybridized carbons (Fsp3) is 0.312. The smallest absolute Gasteiger partial charge is 0.352 e. The highest BCUT2D eigenvalue weighted by molar-refractivity contribution is 8.01. The van der Waals surface area contributed by atoms with Crippen molar-refractivity contribution in [2.24, 2.45) is 5.16 Å². The molecule has 0 aliphatic carbocycles. The number of oxime groups is 1. The Morgan fingerprint density at radius 2 is 2.29 bits per heavy atom. The van der Waals surface area contributed by atoms with E-state index in [1.165, 1.54) is 58.2 Å². The number of hydrogen-bond donors (Lipinski definition) is 2. The molecule has 31 heavy (non-hydrogen) atoms. The van der Waals surface area contributed by atoms with Gasteiger partial charge in [0, 0.05) is 16.9 Å². The Balaban J connectivity index is 1.49. The van der Waals surface area contributed by atoms with Crippen LogP contribution in [0, 0.1) is 0 Å². The molecule has 2 aliphatic heterocycles. The summed E-state index contributed by atoms with van der Waals surface area (Å²) in [6, 6.07) is -0.870. The first-order chi connectivity index (χ1) is 15.0. The monoisotopic (exact) mass is 498 g/mol. The third-order valence-corrected chi connectivity index (χ3v) is 8.19. The number of rotatable bonds is 8. The van der Waals surface area contributed by atoms with Gasteiger partial charge in [0.1, 0.15) is 35.4 Å². The summed E-state index contributed by atoms with van der Waals surface area (Å²) in [5, 5.41) is 24.9. The predicted octanol–water partition coefficient (Wildman–Crippen LogP) is 0.876. The Bertz CT molecular complexity index is 1050. The molecule has 2 aromatic rings. The summed E-state index contributed by atoms with van der Waals surface area (Å²) >= 11 is 5.41. The van der Waals surface area contributed by atoms with Crippen LogP contribution in [0.25, 0.3) is 0 Å². The van der Waals surface area contributed by atoms with Crippen molar-refractivity contribution in [3.05, 3.63) is 33.4 Å². The summed E-state index contributed by atoms with van der Waals surface area (Å²) < 4.78 is 0.719. The van der Waals surface area contributed by atoms with Gasteiger partial charge < -0.3 is 15.3 Å². The van der Waals surface area contributed by atoms with Crippen LogP contribution in [0.2, 0.25) is 0 Å². The summed E-state index contributed by atoms with van der Waals surface area (Å²) in [7, 11) is 1.30. The third kappa shape index (κ3) is 4.30. The molecule has 0 radical (unpaired) electrons. The molecular formula is C16H14N6O5S4. The molecule has 4 rings (SSSR count). The van der Waals surface area contributed by atoms with E-state index in [2.05, 4.69) is 25.7 Å². The molecule has 4 heterocycles. The van der Waals surface area contributed by atoms with Crippen molar-refractivity contribution in [1.82, 2.24) is 25.4 Å². The molecule has 11 nitrogen and oxygen atoms in total. The highest BCUT2D eigenvalue weighted by Gasteiger charge is 2.54. The van der Waals surface area contributed by atoms with Crippen molar-refractivity contribution < 1.29 is 24.3 Å². The number of carbonyl (C=O) groups excluding carboxylic acids is 2. The van der Waals surface area contributed by atoms with Crippen LogP contribution in [0.1, 0.15) is 5.69 Å². The molecule has 2 amide bonds. The number of β-lactam (4-membered cyclic amide) rings is 1. The van der Waals surface area contributed by atoms with E-state index in [9.17, 15) is 19.5 Å². The fourth-order valence-electron chi connectivity index (χ4n) is 3.00. The van der Waals surface area contributed by atoms with Crippen LogP contribution in [0.4, 0.5) is 0 Å². The molecule has 15 heteroatoms. The van der Waals surface area contributed by atoms with Crippen LogP contribution in [0.3, 0.4) is 0 Å². The molecule has 0 saturated carbocycles. The number of hydrogen-bond acceptors (Lipinski definition) is 12. The normalized spacial score (nSPS) is 20.9. The Kier molecular flexibility index (Phi) is 6.54. The lowest BCUT2D eigenvalue weighted by Gasteiger charge is -2.49. The van der Waals surface area contributed by atoms with Crippen molar-refractivity contribution in [2.45, 2.75) is 15.8 Å². The zero-order valence-electron chi connectivity index (χ0n) is 15.8. The minimum absolute atomic E-state index is 0.0402. The molecule has 1 unspecified atom stereocenters. The lowest BCUT2D eigenvalue weighted by molar-refractivity contribution is -0.150. The largest absolute Gasteiger partial charge is 0.477 e. The number of nitrogens with zero attached hydrogens (tertiary/aromatic N) is 5. The highest BCUT2D eigenvalue weighted by atomic mass is 32.2. The van der Waals surface area contributed by atoms with Crippen LogP contribution in [0.5, 0.6) is 0 Å². The number of aliphatic carboxylic acids is 1. The molecule has 162 valence electrons. The van der Waals surface area contributed by atoms with Gasteiger partial charge in [0.05, 0.1) is 5.51 Å². The second-order valence-corrected chi connectivity index (χ2v) is 9.99. The maximum atomic E-state index is 12.8. The third-order valence-electron chi connectivity index (χ3n) is 4.32. The molecule has 2 aliphatic rings. The van der Waals surface area contributed by atoms with E-state index in [0.29, 0.717) is 22.8 Å². The van der Waals surface area contributed by atoms with Crippen LogP contribution in [-0.4, -0.2) is 78.7 Å². The van der Waals surface area contributed by atoms with Crippen molar-refractivity contribution in [3.63, 3.8) is 0 Å². The molecule has 1 saturated heterocycles. The Labute approximate surface area is 192 Å². The molecule has 0 bridgehead atoms. The van der Waals surface area contributed by atoms with Crippen molar-refractivity contribution in [3.8, 4) is 0 Å². The first kappa shape index (κ1) is 21.7. The van der Waals surface area contributed by atoms with E-state index >= 15 is 0 Å². The number of thioether (sulfide) groups is 2. The van der Waals surface area contributed by atoms with Crippen LogP contribution in [0.15, 0.2) is 37.2 Å². The van der Waals surface area contributed by atoms with Gasteiger partial charge in [-0.25, -0.2) is 9.78 Å². The minimum atomic E-state index is -1.18. The van der Waals surface area contributed by atoms with Crippen molar-refractivity contribution in [2.75, 3.05) is 18.6 Å². The van der Waals surface area contributed by atoms with E-state index < -0.39 is 29.2 Å². The summed E-state index contributed by atoms with van der Waals surface area (Å²) in [5.41, 5.74) is 3.99. The lowest BCUT2D eigenvalue weighted by atomic mass is 10.0. The van der Waals surface area contributed by atoms with Gasteiger partial charge in [-0.15, -0.1) is 33.3 Å². The summed E-state index contributed by atoms with van der Waals surface area (Å²) in [5.74, 6) is -1.49. The SMILES string of the molecule is CO/N=C(/C(=O)NC1C(=O)N2C(C(=O)O)=C(CSc3nncs3)CS[C@H]12)c1cscn1. The summed E-state index contributed by atoms with van der Waals surface area (Å²) in [6.07, 6.45) is 0. The van der Waals surface area contributed by atoms with E-state index in [-0.39, 0.29) is 11.4 Å². The predicted molar refractivity (Wildman–Crippen MR) is 116 cm³/mol. The van der Waals surface area contributed by atoms with Crippen molar-refractivity contribution >= 4 is 69.7 Å². The van der Waals surface area contributed by atoms with Crippen LogP contribution < -0.4 is 5.32 Å². The first-order valence-electron chi connectivity index (χ1n) is 8.60. The number of nitrogens with one attached hydrogen (secondary N) is 1. The zero-order chi connectivity index (χ0) is 22.0. The fourth-order valence-corrected chi connectivity index (χ4v) is 6.51. The Hall–Kier alpha value is -2.49. The Morgan fingerprint density at radius 3 is 2.94 bits per heavy atom. The van der Waals surface area contributed by atoms with Gasteiger partial charge in [-0.1, -0.05) is 28.3 Å². The zero-order valence-corrected chi connectivity index (χ0v) is 19.0. The van der Waals surface area contributed by atoms with Crippen LogP contribution in [-0.2, 0) is 19.2 Å². The van der Waals surface area contributed by atoms with E-state index in [1.54, 1.807) is 16.4 Å². The maximum absolute atomic E-state index is 12.8. The minimum Gasteiger partial charge on any atom is -0.477 e. The van der Waals surface area contributed by atoms with Gasteiger partial charge in [-0.05, 0) is 5.57 Å². The van der Waals surface area contributed by atoms with E-state index in [4.69, 9.17) is 4.84 Å². The van der Waals surface area contributed by atoms with Crippen molar-refractivity contribution in [1.29, 1.82) is 0 Å². The standard InChI is InChI=1S/C16H14N6O5S4/c1-27-21-9(8-4-28-5-17-8)12(23)19-10-13(24)22-11(15(25)26)7(2-29-14(10)22)3-30-16-20-18-6-31-16/h4-6,10,14H,2-3H2,1H3,(H,19,23)(H,25,26)/b21-9+/t10?,14-/m1/s1. The second-order valence-electron chi connectivity index (χ2n) is 6.11. The number of thiazole rings is 1. The van der Waals surface area contributed by atoms with Gasteiger partial charge >= 0.3 is 5.97 Å². The summed E-state index contributed by atoms with van der Waals surface area (Å²) in [4.78, 5) is 47.4. The number of carboxylic acid groups (broad SMARTS) is 1. The van der Waals surface area contributed by atoms with Gasteiger partial charge in [-0.3, -0.25) is 14.5 Å². The number of amides is 2. The molecule has 1 fully saturated rings. The summed E-state index contributed by atoms with van der Waals surface area (Å²) in [6.45, 7) is 0. The van der Waals surface area contributed by atoms with Gasteiger partial charge in [-0.2, -0.15) is 0 Å². The number of carboxylic acids is 1. The van der Waals surface area contributed by atoms with Gasteiger partial charge in [0.2, 0.25) is 0 Å². The average Bonchev–Trinajstić information content (AvgIpc) is 3.47. The van der Waals surface area contributed by atoms with E-state index in [1.807, 2.05) is 0 Å². The molecule has 2 N–H and O–H groups in total. The second kappa shape index (κ2) is 9.33. The maximum Gasteiger partial charge on any atom is 0.352 e. The van der Waals surface area contributed by atoms with E-state index in [0.717, 1.165) is 4.34 Å². The molecule has 2 aromatic heterocycles.